The Morgan fingerprint density at radius 1 is 1.04 bits per heavy atom. The van der Waals surface area contributed by atoms with E-state index in [4.69, 9.17) is 10.5 Å². The molecule has 0 atom stereocenters. The first kappa shape index (κ1) is 16.3. The van der Waals surface area contributed by atoms with Crippen molar-refractivity contribution in [1.29, 1.82) is 0 Å². The highest BCUT2D eigenvalue weighted by molar-refractivity contribution is 6.09. The summed E-state index contributed by atoms with van der Waals surface area (Å²) >= 11 is 0. The molecule has 3 N–H and O–H groups in total. The summed E-state index contributed by atoms with van der Waals surface area (Å²) in [5.74, 6) is -0.490. The van der Waals surface area contributed by atoms with Crippen molar-refractivity contribution in [2.24, 2.45) is 5.73 Å². The Morgan fingerprint density at radius 2 is 1.72 bits per heavy atom. The predicted molar refractivity (Wildman–Crippen MR) is 93.0 cm³/mol. The summed E-state index contributed by atoms with van der Waals surface area (Å²) < 4.78 is 6.66. The molecule has 2 aromatic carbocycles. The molecule has 0 fully saturated rings. The molecule has 0 aliphatic heterocycles. The molecule has 2 amide bonds. The maximum atomic E-state index is 12.7. The largest absolute Gasteiger partial charge is 0.496 e. The molecule has 0 saturated heterocycles. The fraction of sp³-hybridized carbons (Fsp3) is 0.0556. The lowest BCUT2D eigenvalue weighted by atomic mass is 10.2. The molecule has 25 heavy (non-hydrogen) atoms. The molecular formula is C18H16N4O3. The summed E-state index contributed by atoms with van der Waals surface area (Å²) in [4.78, 5) is 24.4. The van der Waals surface area contributed by atoms with E-state index < -0.39 is 11.8 Å². The molecule has 0 aliphatic rings. The molecule has 3 rings (SSSR count). The van der Waals surface area contributed by atoms with Crippen LogP contribution < -0.4 is 15.8 Å². The van der Waals surface area contributed by atoms with E-state index in [0.717, 1.165) is 0 Å². The number of carbonyl (C=O) groups is 2. The van der Waals surface area contributed by atoms with Crippen LogP contribution in [-0.4, -0.2) is 28.7 Å². The van der Waals surface area contributed by atoms with Gasteiger partial charge in [-0.2, -0.15) is 5.10 Å². The van der Waals surface area contributed by atoms with Gasteiger partial charge in [-0.1, -0.05) is 30.3 Å². The summed E-state index contributed by atoms with van der Waals surface area (Å²) in [6.07, 6.45) is 1.33. The minimum atomic E-state index is -0.683. The number of rotatable bonds is 5. The highest BCUT2D eigenvalue weighted by Crippen LogP contribution is 2.23. The van der Waals surface area contributed by atoms with E-state index in [9.17, 15) is 9.59 Å². The van der Waals surface area contributed by atoms with Crippen LogP contribution in [-0.2, 0) is 0 Å². The average molecular weight is 336 g/mol. The molecule has 0 saturated carbocycles. The van der Waals surface area contributed by atoms with E-state index >= 15 is 0 Å². The van der Waals surface area contributed by atoms with Gasteiger partial charge in [0.1, 0.15) is 17.1 Å². The van der Waals surface area contributed by atoms with Gasteiger partial charge < -0.3 is 15.8 Å². The van der Waals surface area contributed by atoms with Crippen LogP contribution in [0.5, 0.6) is 5.75 Å². The van der Waals surface area contributed by atoms with E-state index in [1.807, 2.05) is 18.2 Å². The highest BCUT2D eigenvalue weighted by Gasteiger charge is 2.20. The van der Waals surface area contributed by atoms with Crippen LogP contribution in [0.3, 0.4) is 0 Å². The van der Waals surface area contributed by atoms with Gasteiger partial charge in [-0.05, 0) is 24.3 Å². The number of hydrogen-bond donors (Lipinski definition) is 2. The molecule has 126 valence electrons. The van der Waals surface area contributed by atoms with E-state index in [-0.39, 0.29) is 11.4 Å². The number of nitrogens with two attached hydrogens (primary N) is 1. The number of para-hydroxylation sites is 2. The number of amides is 2. The zero-order valence-electron chi connectivity index (χ0n) is 13.5. The maximum Gasteiger partial charge on any atom is 0.260 e. The van der Waals surface area contributed by atoms with Crippen LogP contribution >= 0.6 is 0 Å². The highest BCUT2D eigenvalue weighted by atomic mass is 16.5. The zero-order valence-corrected chi connectivity index (χ0v) is 13.5. The number of ether oxygens (including phenoxy) is 1. The van der Waals surface area contributed by atoms with E-state index in [1.54, 1.807) is 36.4 Å². The van der Waals surface area contributed by atoms with E-state index in [0.29, 0.717) is 17.0 Å². The second-order valence-corrected chi connectivity index (χ2v) is 5.17. The second-order valence-electron chi connectivity index (χ2n) is 5.17. The molecule has 0 aliphatic carbocycles. The Bertz CT molecular complexity index is 919. The Labute approximate surface area is 144 Å². The fourth-order valence-corrected chi connectivity index (χ4v) is 2.42. The smallest absolute Gasteiger partial charge is 0.260 e. The van der Waals surface area contributed by atoms with Crippen LogP contribution in [0.1, 0.15) is 20.7 Å². The summed E-state index contributed by atoms with van der Waals surface area (Å²) in [6, 6.07) is 15.9. The van der Waals surface area contributed by atoms with Crippen LogP contribution in [0.4, 0.5) is 5.82 Å². The fourth-order valence-electron chi connectivity index (χ4n) is 2.42. The van der Waals surface area contributed by atoms with Gasteiger partial charge in [0, 0.05) is 0 Å². The Morgan fingerprint density at radius 3 is 2.40 bits per heavy atom. The van der Waals surface area contributed by atoms with Crippen molar-refractivity contribution in [2.45, 2.75) is 0 Å². The number of carbonyl (C=O) groups excluding carboxylic acids is 2. The quantitative estimate of drug-likeness (QED) is 0.746. The van der Waals surface area contributed by atoms with Gasteiger partial charge in [0.15, 0.2) is 0 Å². The van der Waals surface area contributed by atoms with Gasteiger partial charge in [-0.3, -0.25) is 9.59 Å². The summed E-state index contributed by atoms with van der Waals surface area (Å²) in [5, 5.41) is 6.88. The molecular weight excluding hydrogens is 320 g/mol. The standard InChI is InChI=1S/C18H16N4O3/c1-25-15-10-6-5-9-13(15)18(24)21-17-14(16(19)23)11-20-22(17)12-7-3-2-4-8-12/h2-11H,1H3,(H2,19,23)(H,21,24). The molecule has 7 heteroatoms. The Balaban J connectivity index is 2.03. The summed E-state index contributed by atoms with van der Waals surface area (Å²) in [5.41, 5.74) is 6.55. The van der Waals surface area contributed by atoms with Crippen LogP contribution in [0.15, 0.2) is 60.8 Å². The maximum absolute atomic E-state index is 12.7. The first-order valence-electron chi connectivity index (χ1n) is 7.49. The molecule has 0 unspecified atom stereocenters. The van der Waals surface area contributed by atoms with Crippen molar-refractivity contribution < 1.29 is 14.3 Å². The van der Waals surface area contributed by atoms with E-state index in [1.165, 1.54) is 18.0 Å². The van der Waals surface area contributed by atoms with E-state index in [2.05, 4.69) is 10.4 Å². The zero-order chi connectivity index (χ0) is 17.8. The minimum absolute atomic E-state index is 0.118. The first-order valence-corrected chi connectivity index (χ1v) is 7.49. The number of benzene rings is 2. The SMILES string of the molecule is COc1ccccc1C(=O)Nc1c(C(N)=O)cnn1-c1ccccc1. The lowest BCUT2D eigenvalue weighted by Crippen LogP contribution is -2.20. The molecule has 0 bridgehead atoms. The van der Waals surface area contributed by atoms with Gasteiger partial charge in [0.05, 0.1) is 24.6 Å². The van der Waals surface area contributed by atoms with Crippen molar-refractivity contribution in [3.63, 3.8) is 0 Å². The molecule has 1 aromatic heterocycles. The molecule has 3 aromatic rings. The van der Waals surface area contributed by atoms with Gasteiger partial charge in [0.2, 0.25) is 0 Å². The van der Waals surface area contributed by atoms with Crippen molar-refractivity contribution >= 4 is 17.6 Å². The Kier molecular flexibility index (Phi) is 4.47. The topological polar surface area (TPSA) is 99.2 Å². The van der Waals surface area contributed by atoms with Gasteiger partial charge in [0.25, 0.3) is 11.8 Å². The van der Waals surface area contributed by atoms with Crippen LogP contribution in [0, 0.1) is 0 Å². The van der Waals surface area contributed by atoms with Crippen LogP contribution in [0.2, 0.25) is 0 Å². The number of nitrogens with zero attached hydrogens (tertiary/aromatic N) is 2. The minimum Gasteiger partial charge on any atom is -0.496 e. The third-order valence-electron chi connectivity index (χ3n) is 3.62. The number of primary amides is 1. The monoisotopic (exact) mass is 336 g/mol. The predicted octanol–water partition coefficient (Wildman–Crippen LogP) is 2.23. The average Bonchev–Trinajstić information content (AvgIpc) is 3.06. The number of anilines is 1. The lowest BCUT2D eigenvalue weighted by molar-refractivity contribution is 0.100. The number of hydrogen-bond acceptors (Lipinski definition) is 4. The van der Waals surface area contributed by atoms with Crippen molar-refractivity contribution in [3.8, 4) is 11.4 Å². The number of aromatic nitrogens is 2. The van der Waals surface area contributed by atoms with Gasteiger partial charge in [-0.25, -0.2) is 4.68 Å². The normalized spacial score (nSPS) is 10.3. The molecule has 0 spiro atoms. The Hall–Kier alpha value is -3.61. The molecule has 7 nitrogen and oxygen atoms in total. The third-order valence-corrected chi connectivity index (χ3v) is 3.62. The number of methoxy groups -OCH3 is 1. The number of nitrogens with one attached hydrogen (secondary N) is 1. The second kappa shape index (κ2) is 6.88. The summed E-state index contributed by atoms with van der Waals surface area (Å²) in [7, 11) is 1.48. The van der Waals surface area contributed by atoms with Crippen molar-refractivity contribution in [1.82, 2.24) is 9.78 Å². The molecule has 1 heterocycles. The van der Waals surface area contributed by atoms with Crippen LogP contribution in [0.25, 0.3) is 5.69 Å². The van der Waals surface area contributed by atoms with Crippen molar-refractivity contribution in [2.75, 3.05) is 12.4 Å². The summed E-state index contributed by atoms with van der Waals surface area (Å²) in [6.45, 7) is 0. The van der Waals surface area contributed by atoms with Gasteiger partial charge >= 0.3 is 0 Å². The van der Waals surface area contributed by atoms with Crippen molar-refractivity contribution in [3.05, 3.63) is 71.9 Å². The molecule has 0 radical (unpaired) electrons. The first-order chi connectivity index (χ1) is 12.1. The third kappa shape index (κ3) is 3.20. The lowest BCUT2D eigenvalue weighted by Gasteiger charge is -2.12. The van der Waals surface area contributed by atoms with Gasteiger partial charge in [-0.15, -0.1) is 0 Å².